The summed E-state index contributed by atoms with van der Waals surface area (Å²) in [4.78, 5) is 2.00. The Morgan fingerprint density at radius 3 is 2.14 bits per heavy atom. The van der Waals surface area contributed by atoms with Gasteiger partial charge in [0.15, 0.2) is 0 Å². The minimum absolute atomic E-state index is 0.134. The molecule has 1 aromatic rings. The van der Waals surface area contributed by atoms with Crippen LogP contribution in [-0.4, -0.2) is 50.1 Å². The average Bonchev–Trinajstić information content (AvgIpc) is 3.18. The number of sulfonamides is 1. The summed E-state index contributed by atoms with van der Waals surface area (Å²) in [5.41, 5.74) is 0.576. The molecule has 1 aromatic carbocycles. The fourth-order valence-electron chi connectivity index (χ4n) is 2.50. The van der Waals surface area contributed by atoms with E-state index in [1.807, 2.05) is 25.9 Å². The van der Waals surface area contributed by atoms with Crippen molar-refractivity contribution in [3.8, 4) is 0 Å². The third kappa shape index (κ3) is 3.44. The fourth-order valence-corrected chi connectivity index (χ4v) is 4.53. The van der Waals surface area contributed by atoms with Crippen LogP contribution in [0.3, 0.4) is 0 Å². The highest BCUT2D eigenvalue weighted by atomic mass is 32.2. The summed E-state index contributed by atoms with van der Waals surface area (Å²) >= 11 is 0. The van der Waals surface area contributed by atoms with Gasteiger partial charge in [-0.25, -0.2) is 12.8 Å². The van der Waals surface area contributed by atoms with E-state index in [1.165, 1.54) is 16.4 Å². The number of halogens is 1. The van der Waals surface area contributed by atoms with Crippen LogP contribution in [0.2, 0.25) is 0 Å². The molecule has 2 rings (SSSR count). The molecule has 0 amide bonds. The molecule has 0 radical (unpaired) electrons. The van der Waals surface area contributed by atoms with Crippen molar-refractivity contribution in [2.24, 2.45) is 0 Å². The van der Waals surface area contributed by atoms with Crippen molar-refractivity contribution >= 4 is 10.0 Å². The van der Waals surface area contributed by atoms with Crippen molar-refractivity contribution in [3.05, 3.63) is 35.6 Å². The molecule has 6 heteroatoms. The van der Waals surface area contributed by atoms with Crippen LogP contribution >= 0.6 is 0 Å². The zero-order valence-corrected chi connectivity index (χ0v) is 13.8. The summed E-state index contributed by atoms with van der Waals surface area (Å²) < 4.78 is 39.6. The van der Waals surface area contributed by atoms with E-state index in [2.05, 4.69) is 0 Å². The quantitative estimate of drug-likeness (QED) is 0.808. The molecule has 1 unspecified atom stereocenters. The van der Waals surface area contributed by atoms with E-state index in [-0.39, 0.29) is 23.2 Å². The minimum Gasteiger partial charge on any atom is -0.303 e. The molecular weight excluding hydrogens is 291 g/mol. The zero-order valence-electron chi connectivity index (χ0n) is 13.0. The second kappa shape index (κ2) is 5.66. The van der Waals surface area contributed by atoms with Crippen LogP contribution in [0.5, 0.6) is 0 Å². The van der Waals surface area contributed by atoms with Crippen molar-refractivity contribution in [1.82, 2.24) is 9.21 Å². The van der Waals surface area contributed by atoms with Crippen molar-refractivity contribution in [3.63, 3.8) is 0 Å². The van der Waals surface area contributed by atoms with Crippen LogP contribution in [0.15, 0.2) is 24.3 Å². The highest BCUT2D eigenvalue weighted by Crippen LogP contribution is 2.42. The van der Waals surface area contributed by atoms with Gasteiger partial charge >= 0.3 is 0 Å². The normalized spacial score (nSPS) is 19.0. The molecule has 1 fully saturated rings. The van der Waals surface area contributed by atoms with Crippen molar-refractivity contribution < 1.29 is 12.8 Å². The molecule has 0 saturated heterocycles. The highest BCUT2D eigenvalue weighted by Gasteiger charge is 2.49. The minimum atomic E-state index is -3.36. The summed E-state index contributed by atoms with van der Waals surface area (Å²) in [6, 6.07) is 5.66. The van der Waals surface area contributed by atoms with Gasteiger partial charge in [-0.1, -0.05) is 12.1 Å². The second-order valence-corrected chi connectivity index (χ2v) is 8.15. The Hall–Kier alpha value is -0.980. The van der Waals surface area contributed by atoms with E-state index in [4.69, 9.17) is 0 Å². The van der Waals surface area contributed by atoms with Crippen LogP contribution in [0.25, 0.3) is 0 Å². The molecule has 1 atom stereocenters. The maximum absolute atomic E-state index is 13.0. The van der Waals surface area contributed by atoms with Gasteiger partial charge in [0.25, 0.3) is 0 Å². The molecule has 118 valence electrons. The van der Waals surface area contributed by atoms with Gasteiger partial charge in [-0.3, -0.25) is 0 Å². The molecule has 0 aromatic heterocycles. The third-order valence-corrected chi connectivity index (χ3v) is 6.66. The maximum atomic E-state index is 13.0. The first kappa shape index (κ1) is 16.4. The Morgan fingerprint density at radius 2 is 1.71 bits per heavy atom. The van der Waals surface area contributed by atoms with E-state index < -0.39 is 10.0 Å². The molecule has 21 heavy (non-hydrogen) atoms. The number of rotatable bonds is 6. The van der Waals surface area contributed by atoms with E-state index in [9.17, 15) is 12.8 Å². The van der Waals surface area contributed by atoms with Gasteiger partial charge in [-0.05, 0) is 51.6 Å². The Balaban J connectivity index is 2.14. The van der Waals surface area contributed by atoms with Gasteiger partial charge in [-0.15, -0.1) is 0 Å². The third-order valence-electron chi connectivity index (χ3n) is 4.56. The molecule has 1 aliphatic rings. The Morgan fingerprint density at radius 1 is 1.19 bits per heavy atom. The van der Waals surface area contributed by atoms with E-state index >= 15 is 0 Å². The van der Waals surface area contributed by atoms with Crippen LogP contribution < -0.4 is 0 Å². The van der Waals surface area contributed by atoms with Gasteiger partial charge in [0, 0.05) is 18.6 Å². The first-order valence-electron chi connectivity index (χ1n) is 7.07. The van der Waals surface area contributed by atoms with Crippen molar-refractivity contribution in [2.75, 3.05) is 26.9 Å². The van der Waals surface area contributed by atoms with Gasteiger partial charge in [0.1, 0.15) is 5.82 Å². The predicted molar refractivity (Wildman–Crippen MR) is 82.0 cm³/mol. The fraction of sp³-hybridized carbons (Fsp3) is 0.600. The van der Waals surface area contributed by atoms with Crippen molar-refractivity contribution in [2.45, 2.75) is 31.3 Å². The summed E-state index contributed by atoms with van der Waals surface area (Å²) in [5, 5.41) is 0. The maximum Gasteiger partial charge on any atom is 0.216 e. The first-order valence-corrected chi connectivity index (χ1v) is 8.67. The monoisotopic (exact) mass is 314 g/mol. The molecular formula is C15H23FN2O2S. The summed E-state index contributed by atoms with van der Waals surface area (Å²) in [7, 11) is 2.08. The molecule has 0 spiro atoms. The summed E-state index contributed by atoms with van der Waals surface area (Å²) in [6.07, 6.45) is 1.83. The SMILES string of the molecule is CC(c1ccc(F)cc1)N(C)S(=O)(=O)CC1(N(C)C)CC1. The molecule has 0 bridgehead atoms. The van der Waals surface area contributed by atoms with Crippen molar-refractivity contribution in [1.29, 1.82) is 0 Å². The predicted octanol–water partition coefficient (Wildman–Crippen LogP) is 2.24. The molecule has 0 aliphatic heterocycles. The van der Waals surface area contributed by atoms with Gasteiger partial charge in [0.2, 0.25) is 10.0 Å². The molecule has 1 saturated carbocycles. The van der Waals surface area contributed by atoms with Gasteiger partial charge in [-0.2, -0.15) is 4.31 Å². The lowest BCUT2D eigenvalue weighted by Crippen LogP contribution is -2.42. The number of benzene rings is 1. The first-order chi connectivity index (χ1) is 9.68. The Kier molecular flexibility index (Phi) is 4.42. The summed E-state index contributed by atoms with van der Waals surface area (Å²) in [6.45, 7) is 1.82. The Labute approximate surface area is 126 Å². The standard InChI is InChI=1S/C15H23FN2O2S/c1-12(13-5-7-14(16)8-6-13)18(4)21(19,20)11-15(9-10-15)17(2)3/h5-8,12H,9-11H2,1-4H3. The van der Waals surface area contributed by atoms with E-state index in [1.54, 1.807) is 19.2 Å². The van der Waals surface area contributed by atoms with Crippen LogP contribution in [0, 0.1) is 5.82 Å². The number of hydrogen-bond acceptors (Lipinski definition) is 3. The number of hydrogen-bond donors (Lipinski definition) is 0. The van der Waals surface area contributed by atoms with Gasteiger partial charge < -0.3 is 4.90 Å². The van der Waals surface area contributed by atoms with Crippen LogP contribution in [-0.2, 0) is 10.0 Å². The van der Waals surface area contributed by atoms with Crippen LogP contribution in [0.1, 0.15) is 31.4 Å². The van der Waals surface area contributed by atoms with Gasteiger partial charge in [0.05, 0.1) is 5.75 Å². The van der Waals surface area contributed by atoms with Crippen LogP contribution in [0.4, 0.5) is 4.39 Å². The summed E-state index contributed by atoms with van der Waals surface area (Å²) in [5.74, 6) is -0.185. The van der Waals surface area contributed by atoms with E-state index in [0.29, 0.717) is 0 Å². The molecule has 1 aliphatic carbocycles. The van der Waals surface area contributed by atoms with E-state index in [0.717, 1.165) is 18.4 Å². The lowest BCUT2D eigenvalue weighted by atomic mass is 10.1. The average molecular weight is 314 g/mol. The molecule has 0 N–H and O–H groups in total. The number of nitrogens with zero attached hydrogens (tertiary/aromatic N) is 2. The largest absolute Gasteiger partial charge is 0.303 e. The molecule has 0 heterocycles. The molecule has 4 nitrogen and oxygen atoms in total. The Bertz CT molecular complexity index is 595. The smallest absolute Gasteiger partial charge is 0.216 e. The zero-order chi connectivity index (χ0) is 15.8. The highest BCUT2D eigenvalue weighted by molar-refractivity contribution is 7.89. The lowest BCUT2D eigenvalue weighted by Gasteiger charge is -2.29. The lowest BCUT2D eigenvalue weighted by molar-refractivity contribution is 0.288. The second-order valence-electron chi connectivity index (χ2n) is 6.12. The topological polar surface area (TPSA) is 40.6 Å².